The quantitative estimate of drug-likeness (QED) is 0.626. The summed E-state index contributed by atoms with van der Waals surface area (Å²) in [4.78, 5) is 7.45. The zero-order chi connectivity index (χ0) is 14.1. The number of nitrogens with zero attached hydrogens (tertiary/aromatic N) is 3. The Hall–Kier alpha value is -0.160. The first kappa shape index (κ1) is 16.9. The van der Waals surface area contributed by atoms with Gasteiger partial charge in [0, 0.05) is 52.4 Å². The fourth-order valence-corrected chi connectivity index (χ4v) is 2.33. The van der Waals surface area contributed by atoms with E-state index in [9.17, 15) is 0 Å². The highest BCUT2D eigenvalue weighted by Gasteiger charge is 2.15. The van der Waals surface area contributed by atoms with Crippen LogP contribution in [0.5, 0.6) is 0 Å². The van der Waals surface area contributed by atoms with Crippen molar-refractivity contribution in [3.63, 3.8) is 0 Å². The van der Waals surface area contributed by atoms with Gasteiger partial charge in [-0.05, 0) is 33.0 Å². The predicted molar refractivity (Wildman–Crippen MR) is 83.8 cm³/mol. The van der Waals surface area contributed by atoms with Gasteiger partial charge in [-0.1, -0.05) is 13.8 Å². The van der Waals surface area contributed by atoms with Crippen molar-refractivity contribution in [3.8, 4) is 0 Å². The lowest BCUT2D eigenvalue weighted by Crippen LogP contribution is -2.49. The van der Waals surface area contributed by atoms with E-state index in [4.69, 9.17) is 0 Å². The number of piperazine rings is 1. The molecule has 4 nitrogen and oxygen atoms in total. The van der Waals surface area contributed by atoms with Gasteiger partial charge in [-0.3, -0.25) is 9.80 Å². The molecule has 4 heteroatoms. The molecule has 0 unspecified atom stereocenters. The van der Waals surface area contributed by atoms with Crippen LogP contribution in [0.3, 0.4) is 0 Å². The summed E-state index contributed by atoms with van der Waals surface area (Å²) >= 11 is 0. The van der Waals surface area contributed by atoms with Crippen LogP contribution < -0.4 is 5.32 Å². The lowest BCUT2D eigenvalue weighted by Gasteiger charge is -2.35. The first-order valence-electron chi connectivity index (χ1n) is 7.88. The van der Waals surface area contributed by atoms with Crippen LogP contribution in [-0.2, 0) is 0 Å². The topological polar surface area (TPSA) is 21.8 Å². The Bertz CT molecular complexity index is 207. The Kier molecular flexibility index (Phi) is 8.62. The fourth-order valence-electron chi connectivity index (χ4n) is 2.33. The summed E-state index contributed by atoms with van der Waals surface area (Å²) in [5.74, 6) is 0.813. The molecule has 0 atom stereocenters. The van der Waals surface area contributed by atoms with E-state index in [1.54, 1.807) is 0 Å². The molecule has 1 heterocycles. The van der Waals surface area contributed by atoms with Crippen LogP contribution in [0.4, 0.5) is 0 Å². The fraction of sp³-hybridized carbons (Fsp3) is 1.00. The Morgan fingerprint density at radius 2 is 1.53 bits per heavy atom. The zero-order valence-corrected chi connectivity index (χ0v) is 13.5. The summed E-state index contributed by atoms with van der Waals surface area (Å²) in [5, 5.41) is 3.55. The van der Waals surface area contributed by atoms with E-state index in [-0.39, 0.29) is 0 Å². The van der Waals surface area contributed by atoms with E-state index in [2.05, 4.69) is 48.0 Å². The Morgan fingerprint density at radius 3 is 2.05 bits per heavy atom. The van der Waals surface area contributed by atoms with Crippen molar-refractivity contribution in [2.75, 3.05) is 73.0 Å². The van der Waals surface area contributed by atoms with E-state index < -0.39 is 0 Å². The number of rotatable bonds is 9. The first-order valence-corrected chi connectivity index (χ1v) is 7.88. The minimum atomic E-state index is 0.813. The second kappa shape index (κ2) is 9.70. The molecule has 0 saturated carbocycles. The van der Waals surface area contributed by atoms with E-state index in [0.717, 1.165) is 12.5 Å². The van der Waals surface area contributed by atoms with Gasteiger partial charge in [0.2, 0.25) is 0 Å². The molecule has 1 saturated heterocycles. The van der Waals surface area contributed by atoms with Gasteiger partial charge in [-0.15, -0.1) is 0 Å². The molecule has 0 spiro atoms. The maximum Gasteiger partial charge on any atom is 0.0110 e. The maximum atomic E-state index is 3.55. The largest absolute Gasteiger partial charge is 0.315 e. The normalized spacial score (nSPS) is 18.6. The summed E-state index contributed by atoms with van der Waals surface area (Å²) in [6.07, 6.45) is 1.29. The SMILES string of the molecule is CC(C)CCNCCN1CCN(CCN(C)C)CC1. The molecule has 0 aromatic rings. The molecule has 0 aromatic heterocycles. The van der Waals surface area contributed by atoms with Crippen molar-refractivity contribution < 1.29 is 0 Å². The van der Waals surface area contributed by atoms with Gasteiger partial charge in [0.25, 0.3) is 0 Å². The van der Waals surface area contributed by atoms with Crippen LogP contribution in [-0.4, -0.2) is 87.7 Å². The standard InChI is InChI=1S/C15H34N4/c1-15(2)5-6-16-7-8-18-11-13-19(14-12-18)10-9-17(3)4/h15-16H,5-14H2,1-4H3. The molecule has 19 heavy (non-hydrogen) atoms. The van der Waals surface area contributed by atoms with Crippen molar-refractivity contribution >= 4 is 0 Å². The van der Waals surface area contributed by atoms with Gasteiger partial charge in [-0.25, -0.2) is 0 Å². The summed E-state index contributed by atoms with van der Waals surface area (Å²) in [7, 11) is 4.30. The molecule has 114 valence electrons. The van der Waals surface area contributed by atoms with Gasteiger partial charge in [-0.2, -0.15) is 0 Å². The third-order valence-corrected chi connectivity index (χ3v) is 3.83. The number of nitrogens with one attached hydrogen (secondary N) is 1. The molecule has 1 rings (SSSR count). The number of hydrogen-bond donors (Lipinski definition) is 1. The maximum absolute atomic E-state index is 3.55. The highest BCUT2D eigenvalue weighted by molar-refractivity contribution is 4.73. The molecule has 1 aliphatic heterocycles. The zero-order valence-electron chi connectivity index (χ0n) is 13.5. The average molecular weight is 270 g/mol. The van der Waals surface area contributed by atoms with Crippen molar-refractivity contribution in [1.29, 1.82) is 0 Å². The second-order valence-corrected chi connectivity index (χ2v) is 6.42. The molecule has 0 aliphatic carbocycles. The Balaban J connectivity index is 1.97. The first-order chi connectivity index (χ1) is 9.08. The van der Waals surface area contributed by atoms with Crippen LogP contribution >= 0.6 is 0 Å². The van der Waals surface area contributed by atoms with Gasteiger partial charge in [0.1, 0.15) is 0 Å². The third kappa shape index (κ3) is 8.58. The Morgan fingerprint density at radius 1 is 0.947 bits per heavy atom. The number of hydrogen-bond acceptors (Lipinski definition) is 4. The van der Waals surface area contributed by atoms with Crippen molar-refractivity contribution in [2.45, 2.75) is 20.3 Å². The average Bonchev–Trinajstić information content (AvgIpc) is 2.37. The monoisotopic (exact) mass is 270 g/mol. The van der Waals surface area contributed by atoms with Crippen molar-refractivity contribution in [3.05, 3.63) is 0 Å². The summed E-state index contributed by atoms with van der Waals surface area (Å²) in [6, 6.07) is 0. The van der Waals surface area contributed by atoms with Gasteiger partial charge < -0.3 is 10.2 Å². The van der Waals surface area contributed by atoms with Crippen LogP contribution in [0.1, 0.15) is 20.3 Å². The molecule has 1 fully saturated rings. The van der Waals surface area contributed by atoms with Crippen LogP contribution in [0.2, 0.25) is 0 Å². The minimum Gasteiger partial charge on any atom is -0.315 e. The Labute approximate surface area is 120 Å². The smallest absolute Gasteiger partial charge is 0.0110 e. The summed E-state index contributed by atoms with van der Waals surface area (Å²) < 4.78 is 0. The van der Waals surface area contributed by atoms with Gasteiger partial charge in [0.15, 0.2) is 0 Å². The molecular formula is C15H34N4. The highest BCUT2D eigenvalue weighted by atomic mass is 15.3. The summed E-state index contributed by atoms with van der Waals surface area (Å²) in [6.45, 7) is 15.4. The number of likely N-dealkylation sites (N-methyl/N-ethyl adjacent to an activating group) is 1. The van der Waals surface area contributed by atoms with E-state index >= 15 is 0 Å². The van der Waals surface area contributed by atoms with Crippen LogP contribution in [0, 0.1) is 5.92 Å². The molecule has 0 aromatic carbocycles. The molecule has 1 aliphatic rings. The van der Waals surface area contributed by atoms with Crippen LogP contribution in [0.25, 0.3) is 0 Å². The third-order valence-electron chi connectivity index (χ3n) is 3.83. The van der Waals surface area contributed by atoms with Crippen molar-refractivity contribution in [1.82, 2.24) is 20.0 Å². The highest BCUT2D eigenvalue weighted by Crippen LogP contribution is 2.01. The van der Waals surface area contributed by atoms with Crippen molar-refractivity contribution in [2.24, 2.45) is 5.92 Å². The second-order valence-electron chi connectivity index (χ2n) is 6.42. The predicted octanol–water partition coefficient (Wildman–Crippen LogP) is 0.801. The van der Waals surface area contributed by atoms with Gasteiger partial charge >= 0.3 is 0 Å². The molecule has 1 N–H and O–H groups in total. The van der Waals surface area contributed by atoms with Gasteiger partial charge in [0.05, 0.1) is 0 Å². The van der Waals surface area contributed by atoms with E-state index in [0.29, 0.717) is 0 Å². The molecule has 0 amide bonds. The molecular weight excluding hydrogens is 236 g/mol. The van der Waals surface area contributed by atoms with Crippen LogP contribution in [0.15, 0.2) is 0 Å². The minimum absolute atomic E-state index is 0.813. The lowest BCUT2D eigenvalue weighted by molar-refractivity contribution is 0.126. The molecule has 0 radical (unpaired) electrons. The lowest BCUT2D eigenvalue weighted by atomic mass is 10.1. The van der Waals surface area contributed by atoms with E-state index in [1.165, 1.54) is 58.8 Å². The summed E-state index contributed by atoms with van der Waals surface area (Å²) in [5.41, 5.74) is 0. The van der Waals surface area contributed by atoms with E-state index in [1.807, 2.05) is 0 Å². The molecule has 0 bridgehead atoms.